The van der Waals surface area contributed by atoms with Crippen LogP contribution in [0.4, 0.5) is 5.69 Å². The van der Waals surface area contributed by atoms with E-state index in [4.69, 9.17) is 27.6 Å². The summed E-state index contributed by atoms with van der Waals surface area (Å²) in [4.78, 5) is 0. The van der Waals surface area contributed by atoms with Crippen molar-refractivity contribution < 1.29 is 4.42 Å². The van der Waals surface area contributed by atoms with Gasteiger partial charge in [0.1, 0.15) is 0 Å². The van der Waals surface area contributed by atoms with Crippen molar-refractivity contribution >= 4 is 28.9 Å². The summed E-state index contributed by atoms with van der Waals surface area (Å²) in [6.07, 6.45) is 0. The predicted octanol–water partition coefficient (Wildman–Crippen LogP) is 4.66. The highest BCUT2D eigenvalue weighted by Gasteiger charge is 2.11. The van der Waals surface area contributed by atoms with E-state index in [0.717, 1.165) is 11.3 Å². The maximum atomic E-state index is 6.10. The molecular formula is C15H11Cl2N3O. The third-order valence-corrected chi connectivity index (χ3v) is 3.40. The Hall–Kier alpha value is -2.04. The largest absolute Gasteiger partial charge is 0.419 e. The Labute approximate surface area is 131 Å². The first-order valence-electron chi connectivity index (χ1n) is 6.29. The van der Waals surface area contributed by atoms with Crippen molar-refractivity contribution in [2.24, 2.45) is 0 Å². The average Bonchev–Trinajstić information content (AvgIpc) is 2.94. The molecule has 0 aliphatic heterocycles. The van der Waals surface area contributed by atoms with Gasteiger partial charge >= 0.3 is 0 Å². The summed E-state index contributed by atoms with van der Waals surface area (Å²) in [6, 6.07) is 14.8. The van der Waals surface area contributed by atoms with Crippen molar-refractivity contribution in [1.29, 1.82) is 0 Å². The van der Waals surface area contributed by atoms with Crippen LogP contribution in [0.1, 0.15) is 5.89 Å². The van der Waals surface area contributed by atoms with Gasteiger partial charge in [-0.05, 0) is 30.3 Å². The van der Waals surface area contributed by atoms with Gasteiger partial charge < -0.3 is 9.73 Å². The van der Waals surface area contributed by atoms with E-state index in [1.807, 2.05) is 42.5 Å². The van der Waals surface area contributed by atoms with E-state index in [-0.39, 0.29) is 0 Å². The lowest BCUT2D eigenvalue weighted by molar-refractivity contribution is 0.515. The lowest BCUT2D eigenvalue weighted by Crippen LogP contribution is -1.99. The maximum Gasteiger partial charge on any atom is 0.249 e. The fraction of sp³-hybridized carbons (Fsp3) is 0.0667. The summed E-state index contributed by atoms with van der Waals surface area (Å²) in [6.45, 7) is 0.414. The van der Waals surface area contributed by atoms with Crippen LogP contribution in [0.2, 0.25) is 10.0 Å². The standard InChI is InChI=1S/C15H11Cl2N3O/c16-10-4-3-5-11(8-10)18-9-14-19-20-15(21-14)12-6-1-2-7-13(12)17/h1-8,18H,9H2. The molecule has 3 aromatic rings. The number of benzene rings is 2. The molecule has 0 unspecified atom stereocenters. The molecule has 3 rings (SSSR count). The lowest BCUT2D eigenvalue weighted by atomic mass is 10.2. The van der Waals surface area contributed by atoms with E-state index in [2.05, 4.69) is 15.5 Å². The van der Waals surface area contributed by atoms with Crippen LogP contribution >= 0.6 is 23.2 Å². The Morgan fingerprint density at radius 2 is 1.86 bits per heavy atom. The predicted molar refractivity (Wildman–Crippen MR) is 83.5 cm³/mol. The molecule has 0 amide bonds. The number of aromatic nitrogens is 2. The zero-order valence-corrected chi connectivity index (χ0v) is 12.4. The highest BCUT2D eigenvalue weighted by molar-refractivity contribution is 6.33. The Kier molecular flexibility index (Phi) is 4.08. The van der Waals surface area contributed by atoms with Gasteiger partial charge in [0.05, 0.1) is 17.1 Å². The van der Waals surface area contributed by atoms with Gasteiger partial charge in [-0.25, -0.2) is 0 Å². The third kappa shape index (κ3) is 3.35. The van der Waals surface area contributed by atoms with E-state index in [1.165, 1.54) is 0 Å². The van der Waals surface area contributed by atoms with Gasteiger partial charge in [-0.2, -0.15) is 0 Å². The zero-order valence-electron chi connectivity index (χ0n) is 10.9. The van der Waals surface area contributed by atoms with Crippen molar-refractivity contribution in [3.05, 3.63) is 64.5 Å². The van der Waals surface area contributed by atoms with Crippen LogP contribution in [-0.2, 0) is 6.54 Å². The summed E-state index contributed by atoms with van der Waals surface area (Å²) in [7, 11) is 0. The van der Waals surface area contributed by atoms with Crippen molar-refractivity contribution in [3.8, 4) is 11.5 Å². The van der Waals surface area contributed by atoms with E-state index in [1.54, 1.807) is 6.07 Å². The number of hydrogen-bond donors (Lipinski definition) is 1. The number of anilines is 1. The first-order valence-corrected chi connectivity index (χ1v) is 7.05. The molecule has 0 fully saturated rings. The molecule has 0 spiro atoms. The minimum atomic E-state index is 0.406. The van der Waals surface area contributed by atoms with Gasteiger partial charge in [-0.3, -0.25) is 0 Å². The second-order valence-electron chi connectivity index (χ2n) is 4.34. The Morgan fingerprint density at radius 3 is 2.67 bits per heavy atom. The molecule has 0 atom stereocenters. The molecule has 106 valence electrons. The second kappa shape index (κ2) is 6.16. The number of rotatable bonds is 4. The highest BCUT2D eigenvalue weighted by Crippen LogP contribution is 2.26. The average molecular weight is 320 g/mol. The molecule has 21 heavy (non-hydrogen) atoms. The maximum absolute atomic E-state index is 6.10. The Morgan fingerprint density at radius 1 is 1.00 bits per heavy atom. The van der Waals surface area contributed by atoms with Crippen molar-refractivity contribution in [3.63, 3.8) is 0 Å². The summed E-state index contributed by atoms with van der Waals surface area (Å²) in [5.74, 6) is 0.883. The summed E-state index contributed by atoms with van der Waals surface area (Å²) in [5, 5.41) is 12.4. The molecule has 1 heterocycles. The number of hydrogen-bond acceptors (Lipinski definition) is 4. The molecule has 0 aliphatic rings. The molecule has 1 N–H and O–H groups in total. The van der Waals surface area contributed by atoms with E-state index < -0.39 is 0 Å². The second-order valence-corrected chi connectivity index (χ2v) is 5.19. The Bertz CT molecular complexity index is 758. The monoisotopic (exact) mass is 319 g/mol. The minimum Gasteiger partial charge on any atom is -0.419 e. The third-order valence-electron chi connectivity index (χ3n) is 2.84. The highest BCUT2D eigenvalue weighted by atomic mass is 35.5. The summed E-state index contributed by atoms with van der Waals surface area (Å²) in [5.41, 5.74) is 1.61. The van der Waals surface area contributed by atoms with Crippen LogP contribution < -0.4 is 5.32 Å². The van der Waals surface area contributed by atoms with E-state index in [0.29, 0.717) is 28.4 Å². The van der Waals surface area contributed by atoms with Crippen molar-refractivity contribution in [2.75, 3.05) is 5.32 Å². The SMILES string of the molecule is Clc1cccc(NCc2nnc(-c3ccccc3Cl)o2)c1. The normalized spacial score (nSPS) is 10.6. The smallest absolute Gasteiger partial charge is 0.249 e. The van der Waals surface area contributed by atoms with Gasteiger partial charge in [0.15, 0.2) is 0 Å². The fourth-order valence-corrected chi connectivity index (χ4v) is 2.25. The molecule has 4 nitrogen and oxygen atoms in total. The van der Waals surface area contributed by atoms with Gasteiger partial charge in [-0.15, -0.1) is 10.2 Å². The van der Waals surface area contributed by atoms with E-state index in [9.17, 15) is 0 Å². The fourth-order valence-electron chi connectivity index (χ4n) is 1.84. The van der Waals surface area contributed by atoms with Crippen LogP contribution in [0.15, 0.2) is 52.9 Å². The van der Waals surface area contributed by atoms with Crippen molar-refractivity contribution in [1.82, 2.24) is 10.2 Å². The topological polar surface area (TPSA) is 51.0 Å². The molecule has 0 aliphatic carbocycles. The van der Waals surface area contributed by atoms with Crippen molar-refractivity contribution in [2.45, 2.75) is 6.54 Å². The number of halogens is 2. The zero-order chi connectivity index (χ0) is 14.7. The van der Waals surface area contributed by atoms with Gasteiger partial charge in [0.2, 0.25) is 11.8 Å². The van der Waals surface area contributed by atoms with Crippen LogP contribution in [0.5, 0.6) is 0 Å². The molecule has 0 radical (unpaired) electrons. The van der Waals surface area contributed by atoms with Gasteiger partial charge in [-0.1, -0.05) is 41.4 Å². The van der Waals surface area contributed by atoms with Crippen LogP contribution in [0, 0.1) is 0 Å². The minimum absolute atomic E-state index is 0.406. The number of nitrogens with one attached hydrogen (secondary N) is 1. The molecule has 2 aromatic carbocycles. The molecule has 0 saturated carbocycles. The van der Waals surface area contributed by atoms with Gasteiger partial charge in [0.25, 0.3) is 0 Å². The molecular weight excluding hydrogens is 309 g/mol. The summed E-state index contributed by atoms with van der Waals surface area (Å²) >= 11 is 12.0. The van der Waals surface area contributed by atoms with Gasteiger partial charge in [0, 0.05) is 10.7 Å². The lowest BCUT2D eigenvalue weighted by Gasteiger charge is -2.03. The van der Waals surface area contributed by atoms with E-state index >= 15 is 0 Å². The first-order chi connectivity index (χ1) is 10.2. The summed E-state index contributed by atoms with van der Waals surface area (Å²) < 4.78 is 5.60. The van der Waals surface area contributed by atoms with Crippen LogP contribution in [-0.4, -0.2) is 10.2 Å². The Balaban J connectivity index is 1.72. The molecule has 0 saturated heterocycles. The molecule has 6 heteroatoms. The van der Waals surface area contributed by atoms with Crippen LogP contribution in [0.3, 0.4) is 0 Å². The molecule has 1 aromatic heterocycles. The molecule has 0 bridgehead atoms. The number of nitrogens with zero attached hydrogens (tertiary/aromatic N) is 2. The first kappa shape index (κ1) is 13.9. The quantitative estimate of drug-likeness (QED) is 0.760. The van der Waals surface area contributed by atoms with Crippen LogP contribution in [0.25, 0.3) is 11.5 Å².